The van der Waals surface area contributed by atoms with Crippen LogP contribution >= 0.6 is 0 Å². The van der Waals surface area contributed by atoms with Crippen LogP contribution in [0.25, 0.3) is 5.57 Å². The number of hydrogen-bond donors (Lipinski definition) is 2. The summed E-state index contributed by atoms with van der Waals surface area (Å²) in [5, 5.41) is 18.1. The molecule has 0 spiro atoms. The van der Waals surface area contributed by atoms with Gasteiger partial charge >= 0.3 is 0 Å². The van der Waals surface area contributed by atoms with Crippen LogP contribution in [0.15, 0.2) is 36.0 Å². The molecule has 108 valence electrons. The lowest BCUT2D eigenvalue weighted by molar-refractivity contribution is -0.417. The molecule has 0 aromatic heterocycles. The zero-order chi connectivity index (χ0) is 15.7. The maximum Gasteiger partial charge on any atom is 0.272 e. The molecule has 0 aliphatic rings. The third-order valence-corrected chi connectivity index (χ3v) is 2.59. The fourth-order valence-corrected chi connectivity index (χ4v) is 1.70. The molecule has 0 unspecified atom stereocenters. The number of nitrogen functional groups attached to an aromatic ring is 1. The van der Waals surface area contributed by atoms with Crippen LogP contribution in [-0.2, 0) is 0 Å². The molecule has 0 heterocycles. The first-order chi connectivity index (χ1) is 9.54. The van der Waals surface area contributed by atoms with Crippen molar-refractivity contribution in [2.75, 3.05) is 5.73 Å². The lowest BCUT2D eigenvalue weighted by Gasteiger charge is -2.07. The van der Waals surface area contributed by atoms with Gasteiger partial charge < -0.3 is 11.1 Å². The summed E-state index contributed by atoms with van der Waals surface area (Å²) in [7, 11) is 0. The third kappa shape index (κ3) is 4.05. The van der Waals surface area contributed by atoms with Crippen LogP contribution in [-0.4, -0.2) is 11.1 Å². The maximum atomic E-state index is 10.9. The Labute approximate surface area is 119 Å². The van der Waals surface area contributed by atoms with Gasteiger partial charge in [-0.3, -0.25) is 10.1 Å². The molecule has 0 radical (unpaired) electrons. The van der Waals surface area contributed by atoms with E-state index in [1.54, 1.807) is 38.1 Å². The van der Waals surface area contributed by atoms with Crippen molar-refractivity contribution in [3.8, 4) is 0 Å². The van der Waals surface area contributed by atoms with Crippen molar-refractivity contribution >= 4 is 17.5 Å². The van der Waals surface area contributed by atoms with Gasteiger partial charge in [-0.15, -0.1) is 0 Å². The SMILES string of the molecule is C/C=C(\C(=C/C)[N+](=O)[O-])c1ccc(C=N)c(N)c1.CC. The molecule has 0 aliphatic carbocycles. The molecule has 0 atom stereocenters. The summed E-state index contributed by atoms with van der Waals surface area (Å²) in [4.78, 5) is 10.5. The Kier molecular flexibility index (Phi) is 7.58. The lowest BCUT2D eigenvalue weighted by atomic mass is 10.00. The molecule has 3 N–H and O–H groups in total. The highest BCUT2D eigenvalue weighted by atomic mass is 16.6. The Hall–Kier alpha value is -2.43. The minimum absolute atomic E-state index is 0.0412. The Morgan fingerprint density at radius 1 is 1.30 bits per heavy atom. The Morgan fingerprint density at radius 3 is 2.25 bits per heavy atom. The molecule has 1 rings (SSSR count). The van der Waals surface area contributed by atoms with Gasteiger partial charge in [0.25, 0.3) is 5.70 Å². The number of nitro groups is 1. The number of benzene rings is 1. The first-order valence-electron chi connectivity index (χ1n) is 6.42. The summed E-state index contributed by atoms with van der Waals surface area (Å²) in [6.45, 7) is 7.36. The van der Waals surface area contributed by atoms with Crippen LogP contribution < -0.4 is 5.73 Å². The number of hydrogen-bond acceptors (Lipinski definition) is 4. The van der Waals surface area contributed by atoms with Crippen molar-refractivity contribution in [3.05, 3.63) is 57.3 Å². The summed E-state index contributed by atoms with van der Waals surface area (Å²) in [5.41, 5.74) is 8.03. The predicted octanol–water partition coefficient (Wildman–Crippen LogP) is 3.88. The minimum atomic E-state index is -0.421. The molecule has 0 aliphatic heterocycles. The van der Waals surface area contributed by atoms with E-state index in [1.807, 2.05) is 13.8 Å². The van der Waals surface area contributed by atoms with Crippen molar-refractivity contribution in [3.63, 3.8) is 0 Å². The Morgan fingerprint density at radius 2 is 1.90 bits per heavy atom. The summed E-state index contributed by atoms with van der Waals surface area (Å²) >= 11 is 0. The minimum Gasteiger partial charge on any atom is -0.398 e. The molecular formula is C15H21N3O2. The van der Waals surface area contributed by atoms with Gasteiger partial charge in [-0.05, 0) is 31.6 Å². The van der Waals surface area contributed by atoms with Crippen LogP contribution in [0, 0.1) is 15.5 Å². The second-order valence-corrected chi connectivity index (χ2v) is 3.62. The molecule has 20 heavy (non-hydrogen) atoms. The summed E-state index contributed by atoms with van der Waals surface area (Å²) in [6, 6.07) is 5.04. The zero-order valence-electron chi connectivity index (χ0n) is 12.3. The number of allylic oxidation sites excluding steroid dienone is 3. The van der Waals surface area contributed by atoms with Crippen LogP contribution in [0.4, 0.5) is 5.69 Å². The smallest absolute Gasteiger partial charge is 0.272 e. The van der Waals surface area contributed by atoms with Gasteiger partial charge in [-0.2, -0.15) is 0 Å². The van der Waals surface area contributed by atoms with Gasteiger partial charge in [0, 0.05) is 17.5 Å². The van der Waals surface area contributed by atoms with E-state index in [9.17, 15) is 10.1 Å². The summed E-state index contributed by atoms with van der Waals surface area (Å²) in [5.74, 6) is 0. The van der Waals surface area contributed by atoms with Gasteiger partial charge in [0.2, 0.25) is 0 Å². The molecule has 0 amide bonds. The highest BCUT2D eigenvalue weighted by molar-refractivity contribution is 5.87. The Balaban J connectivity index is 0.00000172. The molecule has 0 saturated carbocycles. The van der Waals surface area contributed by atoms with Crippen molar-refractivity contribution in [1.82, 2.24) is 0 Å². The maximum absolute atomic E-state index is 10.9. The largest absolute Gasteiger partial charge is 0.398 e. The molecular weight excluding hydrogens is 254 g/mol. The van der Waals surface area contributed by atoms with Gasteiger partial charge in [0.15, 0.2) is 0 Å². The monoisotopic (exact) mass is 275 g/mol. The quantitative estimate of drug-likeness (QED) is 0.287. The van der Waals surface area contributed by atoms with E-state index < -0.39 is 4.92 Å². The third-order valence-electron chi connectivity index (χ3n) is 2.59. The molecule has 1 aromatic rings. The number of nitrogens with two attached hydrogens (primary N) is 1. The summed E-state index contributed by atoms with van der Waals surface area (Å²) in [6.07, 6.45) is 4.28. The first-order valence-corrected chi connectivity index (χ1v) is 6.42. The number of rotatable bonds is 4. The van der Waals surface area contributed by atoms with Gasteiger partial charge in [0.05, 0.1) is 10.5 Å². The summed E-state index contributed by atoms with van der Waals surface area (Å²) < 4.78 is 0. The van der Waals surface area contributed by atoms with E-state index in [0.717, 1.165) is 6.21 Å². The van der Waals surface area contributed by atoms with E-state index in [1.165, 1.54) is 6.08 Å². The van der Waals surface area contributed by atoms with Crippen molar-refractivity contribution in [1.29, 1.82) is 5.41 Å². The topological polar surface area (TPSA) is 93.0 Å². The number of anilines is 1. The molecule has 1 aromatic carbocycles. The fraction of sp³-hybridized carbons (Fsp3) is 0.267. The van der Waals surface area contributed by atoms with E-state index in [2.05, 4.69) is 0 Å². The van der Waals surface area contributed by atoms with Crippen LogP contribution in [0.2, 0.25) is 0 Å². The van der Waals surface area contributed by atoms with Crippen molar-refractivity contribution in [2.45, 2.75) is 27.7 Å². The van der Waals surface area contributed by atoms with E-state index in [0.29, 0.717) is 22.4 Å². The normalized spacial score (nSPS) is 11.4. The second kappa shape index (κ2) is 8.63. The average molecular weight is 275 g/mol. The van der Waals surface area contributed by atoms with E-state index >= 15 is 0 Å². The molecule has 5 nitrogen and oxygen atoms in total. The Bertz CT molecular complexity index is 546. The van der Waals surface area contributed by atoms with Crippen molar-refractivity contribution < 1.29 is 4.92 Å². The van der Waals surface area contributed by atoms with Crippen molar-refractivity contribution in [2.24, 2.45) is 0 Å². The van der Waals surface area contributed by atoms with Gasteiger partial charge in [0.1, 0.15) is 0 Å². The first kappa shape index (κ1) is 17.6. The average Bonchev–Trinajstić information content (AvgIpc) is 2.46. The standard InChI is InChI=1S/C13H15N3O2.C2H6/c1-3-11(13(4-2)16(17)18)9-5-6-10(8-14)12(15)7-9;1-2/h3-8,14H,15H2,1-2H3;1-2H3/b11-3-,13-4+,14-8?;. The molecule has 0 fully saturated rings. The van der Waals surface area contributed by atoms with Crippen LogP contribution in [0.1, 0.15) is 38.8 Å². The highest BCUT2D eigenvalue weighted by Gasteiger charge is 2.17. The number of nitrogens with one attached hydrogen (secondary N) is 1. The fourth-order valence-electron chi connectivity index (χ4n) is 1.70. The van der Waals surface area contributed by atoms with Crippen LogP contribution in [0.5, 0.6) is 0 Å². The zero-order valence-corrected chi connectivity index (χ0v) is 12.3. The predicted molar refractivity (Wildman–Crippen MR) is 84.5 cm³/mol. The van der Waals surface area contributed by atoms with E-state index in [4.69, 9.17) is 11.1 Å². The highest BCUT2D eigenvalue weighted by Crippen LogP contribution is 2.26. The van der Waals surface area contributed by atoms with Gasteiger partial charge in [-0.25, -0.2) is 0 Å². The lowest BCUT2D eigenvalue weighted by Crippen LogP contribution is -2.02. The molecule has 0 saturated heterocycles. The molecule has 5 heteroatoms. The van der Waals surface area contributed by atoms with Crippen LogP contribution in [0.3, 0.4) is 0 Å². The number of nitrogens with zero attached hydrogens (tertiary/aromatic N) is 1. The van der Waals surface area contributed by atoms with E-state index in [-0.39, 0.29) is 5.70 Å². The van der Waals surface area contributed by atoms with Gasteiger partial charge in [-0.1, -0.05) is 32.1 Å². The molecule has 0 bridgehead atoms. The second-order valence-electron chi connectivity index (χ2n) is 3.62.